The van der Waals surface area contributed by atoms with Crippen LogP contribution < -0.4 is 4.74 Å². The third kappa shape index (κ3) is 8.64. The SMILES string of the molecule is C=C(C)C(CC/C(C)=C/CC(C(=O)OCC)C(=O)OCC)C(=O)Oc1ccccc1. The molecule has 0 heterocycles. The van der Waals surface area contributed by atoms with Crippen molar-refractivity contribution in [3.63, 3.8) is 0 Å². The van der Waals surface area contributed by atoms with Crippen molar-refractivity contribution in [3.8, 4) is 5.75 Å². The van der Waals surface area contributed by atoms with E-state index in [2.05, 4.69) is 6.58 Å². The minimum atomic E-state index is -0.986. The lowest BCUT2D eigenvalue weighted by molar-refractivity contribution is -0.161. The zero-order valence-electron chi connectivity index (χ0n) is 18.3. The van der Waals surface area contributed by atoms with Gasteiger partial charge in [-0.1, -0.05) is 42.0 Å². The molecule has 0 amide bonds. The average molecular weight is 417 g/mol. The fourth-order valence-electron chi connectivity index (χ4n) is 2.81. The van der Waals surface area contributed by atoms with Crippen molar-refractivity contribution in [3.05, 3.63) is 54.1 Å². The fourth-order valence-corrected chi connectivity index (χ4v) is 2.81. The molecule has 0 radical (unpaired) electrons. The molecule has 30 heavy (non-hydrogen) atoms. The molecule has 164 valence electrons. The predicted molar refractivity (Wildman–Crippen MR) is 115 cm³/mol. The maximum atomic E-state index is 12.5. The highest BCUT2D eigenvalue weighted by Gasteiger charge is 2.28. The van der Waals surface area contributed by atoms with Crippen LogP contribution in [0, 0.1) is 11.8 Å². The standard InChI is InChI=1S/C24H32O6/c1-6-28-22(25)21(23(26)29-7-2)16-14-18(5)13-15-20(17(3)4)24(27)30-19-11-9-8-10-12-19/h8-12,14,20-21H,3,6-7,13,15-16H2,1-2,4-5H3/b18-14+. The van der Waals surface area contributed by atoms with Crippen LogP contribution in [0.1, 0.15) is 47.0 Å². The highest BCUT2D eigenvalue weighted by Crippen LogP contribution is 2.23. The molecule has 1 aromatic rings. The number of hydrogen-bond acceptors (Lipinski definition) is 6. The van der Waals surface area contributed by atoms with Gasteiger partial charge in [0, 0.05) is 0 Å². The summed E-state index contributed by atoms with van der Waals surface area (Å²) in [6, 6.07) is 8.90. The molecular weight excluding hydrogens is 384 g/mol. The van der Waals surface area contributed by atoms with Crippen molar-refractivity contribution in [2.45, 2.75) is 47.0 Å². The van der Waals surface area contributed by atoms with Gasteiger partial charge in [0.1, 0.15) is 5.75 Å². The summed E-state index contributed by atoms with van der Waals surface area (Å²) in [4.78, 5) is 36.7. The fraction of sp³-hybridized carbons (Fsp3) is 0.458. The Morgan fingerprint density at radius 2 is 1.50 bits per heavy atom. The number of carbonyl (C=O) groups is 3. The van der Waals surface area contributed by atoms with Crippen molar-refractivity contribution in [2.24, 2.45) is 11.8 Å². The van der Waals surface area contributed by atoms with Crippen LogP contribution in [0.5, 0.6) is 5.75 Å². The van der Waals surface area contributed by atoms with Crippen LogP contribution in [0.3, 0.4) is 0 Å². The molecule has 1 atom stereocenters. The Kier molecular flexibility index (Phi) is 11.2. The number of carbonyl (C=O) groups excluding carboxylic acids is 3. The van der Waals surface area contributed by atoms with Crippen molar-refractivity contribution >= 4 is 17.9 Å². The number of allylic oxidation sites excluding steroid dienone is 2. The monoisotopic (exact) mass is 416 g/mol. The topological polar surface area (TPSA) is 78.9 Å². The van der Waals surface area contributed by atoms with Crippen molar-refractivity contribution in [2.75, 3.05) is 13.2 Å². The molecular formula is C24H32O6. The van der Waals surface area contributed by atoms with E-state index in [1.165, 1.54) is 0 Å². The van der Waals surface area contributed by atoms with Crippen LogP contribution in [0.4, 0.5) is 0 Å². The summed E-state index contributed by atoms with van der Waals surface area (Å²) in [6.07, 6.45) is 3.12. The molecule has 0 saturated heterocycles. The first-order valence-corrected chi connectivity index (χ1v) is 10.2. The van der Waals surface area contributed by atoms with E-state index in [0.717, 1.165) is 11.1 Å². The predicted octanol–water partition coefficient (Wildman–Crippen LogP) is 4.64. The Morgan fingerprint density at radius 1 is 0.933 bits per heavy atom. The smallest absolute Gasteiger partial charge is 0.320 e. The van der Waals surface area contributed by atoms with Gasteiger partial charge in [-0.2, -0.15) is 0 Å². The largest absolute Gasteiger partial charge is 0.465 e. The number of esters is 3. The number of ether oxygens (including phenoxy) is 3. The van der Waals surface area contributed by atoms with E-state index in [-0.39, 0.29) is 25.6 Å². The second-order valence-corrected chi connectivity index (χ2v) is 7.01. The minimum Gasteiger partial charge on any atom is -0.465 e. The summed E-state index contributed by atoms with van der Waals surface area (Å²) in [6.45, 7) is 11.4. The van der Waals surface area contributed by atoms with Gasteiger partial charge in [-0.25, -0.2) is 0 Å². The van der Waals surface area contributed by atoms with Crippen LogP contribution in [0.2, 0.25) is 0 Å². The van der Waals surface area contributed by atoms with Gasteiger partial charge >= 0.3 is 17.9 Å². The van der Waals surface area contributed by atoms with Gasteiger partial charge in [0.05, 0.1) is 19.1 Å². The third-order valence-electron chi connectivity index (χ3n) is 4.51. The first kappa shape index (κ1) is 25.1. The zero-order chi connectivity index (χ0) is 22.5. The van der Waals surface area contributed by atoms with Crippen molar-refractivity contribution in [1.29, 1.82) is 0 Å². The first-order chi connectivity index (χ1) is 14.3. The molecule has 1 unspecified atom stereocenters. The zero-order valence-corrected chi connectivity index (χ0v) is 18.3. The summed E-state index contributed by atoms with van der Waals surface area (Å²) < 4.78 is 15.4. The van der Waals surface area contributed by atoms with Gasteiger partial charge < -0.3 is 14.2 Å². The average Bonchev–Trinajstić information content (AvgIpc) is 2.69. The summed E-state index contributed by atoms with van der Waals surface area (Å²) in [7, 11) is 0. The Hall–Kier alpha value is -2.89. The molecule has 0 saturated carbocycles. The normalized spacial score (nSPS) is 12.2. The van der Waals surface area contributed by atoms with Gasteiger partial charge in [0.15, 0.2) is 5.92 Å². The molecule has 1 aromatic carbocycles. The van der Waals surface area contributed by atoms with Crippen LogP contribution >= 0.6 is 0 Å². The van der Waals surface area contributed by atoms with E-state index >= 15 is 0 Å². The minimum absolute atomic E-state index is 0.190. The quantitative estimate of drug-likeness (QED) is 0.214. The number of hydrogen-bond donors (Lipinski definition) is 0. The van der Waals surface area contributed by atoms with Crippen LogP contribution in [0.15, 0.2) is 54.1 Å². The third-order valence-corrected chi connectivity index (χ3v) is 4.51. The van der Waals surface area contributed by atoms with Gasteiger partial charge in [-0.05, 0) is 59.1 Å². The number of benzene rings is 1. The van der Waals surface area contributed by atoms with E-state index in [1.54, 1.807) is 45.0 Å². The van der Waals surface area contributed by atoms with Crippen molar-refractivity contribution < 1.29 is 28.6 Å². The van der Waals surface area contributed by atoms with Crippen LogP contribution in [-0.2, 0) is 23.9 Å². The molecule has 6 heteroatoms. The second kappa shape index (κ2) is 13.4. The van der Waals surface area contributed by atoms with E-state index in [0.29, 0.717) is 18.6 Å². The molecule has 0 aliphatic heterocycles. The van der Waals surface area contributed by atoms with E-state index in [1.807, 2.05) is 19.1 Å². The second-order valence-electron chi connectivity index (χ2n) is 7.01. The number of rotatable bonds is 12. The van der Waals surface area contributed by atoms with E-state index in [9.17, 15) is 14.4 Å². The van der Waals surface area contributed by atoms with E-state index < -0.39 is 23.8 Å². The maximum Gasteiger partial charge on any atom is 0.320 e. The van der Waals surface area contributed by atoms with Crippen LogP contribution in [0.25, 0.3) is 0 Å². The van der Waals surface area contributed by atoms with Gasteiger partial charge in [0.25, 0.3) is 0 Å². The summed E-state index contributed by atoms with van der Waals surface area (Å²) >= 11 is 0. The highest BCUT2D eigenvalue weighted by atomic mass is 16.6. The highest BCUT2D eigenvalue weighted by molar-refractivity contribution is 5.95. The Morgan fingerprint density at radius 3 is 2.00 bits per heavy atom. The molecule has 0 aromatic heterocycles. The summed E-state index contributed by atoms with van der Waals surface area (Å²) in [5, 5.41) is 0. The molecule has 0 N–H and O–H groups in total. The molecule has 0 aliphatic carbocycles. The van der Waals surface area contributed by atoms with Crippen LogP contribution in [-0.4, -0.2) is 31.1 Å². The lowest BCUT2D eigenvalue weighted by atomic mass is 9.93. The molecule has 1 rings (SSSR count). The first-order valence-electron chi connectivity index (χ1n) is 10.2. The summed E-state index contributed by atoms with van der Waals surface area (Å²) in [5.41, 5.74) is 1.67. The molecule has 6 nitrogen and oxygen atoms in total. The maximum absolute atomic E-state index is 12.5. The molecule has 0 aliphatic rings. The Bertz CT molecular complexity index is 732. The lowest BCUT2D eigenvalue weighted by Crippen LogP contribution is -2.27. The molecule has 0 fully saturated rings. The van der Waals surface area contributed by atoms with E-state index in [4.69, 9.17) is 14.2 Å². The van der Waals surface area contributed by atoms with Gasteiger partial charge in [-0.15, -0.1) is 0 Å². The summed E-state index contributed by atoms with van der Waals surface area (Å²) in [5.74, 6) is -2.47. The lowest BCUT2D eigenvalue weighted by Gasteiger charge is -2.16. The van der Waals surface area contributed by atoms with Crippen molar-refractivity contribution in [1.82, 2.24) is 0 Å². The Labute approximate surface area is 178 Å². The molecule has 0 spiro atoms. The van der Waals surface area contributed by atoms with Gasteiger partial charge in [0.2, 0.25) is 0 Å². The number of para-hydroxylation sites is 1. The van der Waals surface area contributed by atoms with Gasteiger partial charge in [-0.3, -0.25) is 14.4 Å². The molecule has 0 bridgehead atoms. The Balaban J connectivity index is 2.72.